The van der Waals surface area contributed by atoms with Gasteiger partial charge in [0.2, 0.25) is 5.95 Å². The summed E-state index contributed by atoms with van der Waals surface area (Å²) in [6.07, 6.45) is 0. The minimum atomic E-state index is -0.380. The Morgan fingerprint density at radius 2 is 0.968 bits per heavy atom. The molecule has 0 saturated heterocycles. The van der Waals surface area contributed by atoms with Crippen molar-refractivity contribution in [2.24, 2.45) is 0 Å². The number of rotatable bonds is 6. The van der Waals surface area contributed by atoms with E-state index in [0.29, 0.717) is 34.4 Å². The first-order valence-electron chi connectivity index (χ1n) is 23.7. The third-order valence-electron chi connectivity index (χ3n) is 12.0. The van der Waals surface area contributed by atoms with Crippen LogP contribution >= 0.6 is 0 Å². The van der Waals surface area contributed by atoms with E-state index in [1.165, 1.54) is 6.07 Å². The smallest absolute Gasteiger partial charge is 0.238 e. The van der Waals surface area contributed by atoms with E-state index in [1.807, 2.05) is 115 Å². The minimum Gasteiger partial charge on any atom is -0.455 e. The highest BCUT2D eigenvalue weighted by molar-refractivity contribution is 6.13. The van der Waals surface area contributed by atoms with E-state index in [-0.39, 0.29) is 63.8 Å². The normalized spacial score (nSPS) is 13.1. The lowest BCUT2D eigenvalue weighted by Gasteiger charge is -2.16. The fourth-order valence-corrected chi connectivity index (χ4v) is 9.12. The van der Waals surface area contributed by atoms with Gasteiger partial charge >= 0.3 is 0 Å². The molecule has 0 unspecified atom stereocenters. The van der Waals surface area contributed by atoms with Gasteiger partial charge in [-0.3, -0.25) is 4.57 Å². The summed E-state index contributed by atoms with van der Waals surface area (Å²) in [7, 11) is 0. The van der Waals surface area contributed by atoms with Gasteiger partial charge in [-0.2, -0.15) is 9.97 Å². The summed E-state index contributed by atoms with van der Waals surface area (Å²) in [6.45, 7) is 0. The second kappa shape index (κ2) is 14.0. The van der Waals surface area contributed by atoms with Crippen molar-refractivity contribution < 1.29 is 12.6 Å². The van der Waals surface area contributed by atoms with Crippen molar-refractivity contribution in [2.75, 3.05) is 0 Å². The van der Waals surface area contributed by atoms with Gasteiger partial charge < -0.3 is 8.98 Å². The van der Waals surface area contributed by atoms with Crippen LogP contribution in [0.1, 0.15) is 8.22 Å². The molecule has 13 aromatic rings. The Kier molecular flexibility index (Phi) is 6.56. The van der Waals surface area contributed by atoms with Gasteiger partial charge in [-0.1, -0.05) is 164 Å². The summed E-state index contributed by atoms with van der Waals surface area (Å²) in [5.74, 6) is 1.18. The van der Waals surface area contributed by atoms with Crippen LogP contribution in [0.15, 0.2) is 217 Å². The van der Waals surface area contributed by atoms with Crippen LogP contribution in [-0.2, 0) is 0 Å². The average Bonchev–Trinajstić information content (AvgIpc) is 4.06. The van der Waals surface area contributed by atoms with Crippen LogP contribution in [0.25, 0.3) is 122 Å². The zero-order chi connectivity index (χ0) is 46.7. The van der Waals surface area contributed by atoms with E-state index < -0.39 is 0 Å². The Hall–Kier alpha value is -8.61. The maximum absolute atomic E-state index is 9.66. The van der Waals surface area contributed by atoms with Gasteiger partial charge in [-0.15, -0.1) is 0 Å². The molecule has 0 aliphatic heterocycles. The zero-order valence-electron chi connectivity index (χ0n) is 39.4. The summed E-state index contributed by atoms with van der Waals surface area (Å²) in [5.41, 5.74) is 8.50. The second-order valence-corrected chi connectivity index (χ2v) is 15.5. The van der Waals surface area contributed by atoms with Crippen molar-refractivity contribution in [2.45, 2.75) is 0 Å². The molecule has 294 valence electrons. The predicted octanol–water partition coefficient (Wildman–Crippen LogP) is 14.6. The molecule has 13 rings (SSSR count). The number of hydrogen-bond donors (Lipinski definition) is 0. The monoisotopic (exact) mass is 811 g/mol. The molecule has 0 fully saturated rings. The molecule has 6 heteroatoms. The minimum absolute atomic E-state index is 0.0107. The van der Waals surface area contributed by atoms with Crippen molar-refractivity contribution >= 4 is 65.6 Å². The van der Waals surface area contributed by atoms with E-state index in [9.17, 15) is 4.11 Å². The molecule has 9 aromatic carbocycles. The number of furan rings is 1. The predicted molar refractivity (Wildman–Crippen MR) is 258 cm³/mol. The topological polar surface area (TPSA) is 61.7 Å². The lowest BCUT2D eigenvalue weighted by atomic mass is 9.98. The molecule has 0 aliphatic rings. The first-order valence-corrected chi connectivity index (χ1v) is 20.7. The summed E-state index contributed by atoms with van der Waals surface area (Å²) in [6, 6.07) is 56.4. The lowest BCUT2D eigenvalue weighted by molar-refractivity contribution is 0.670. The van der Waals surface area contributed by atoms with Crippen molar-refractivity contribution in [3.05, 3.63) is 212 Å². The number of benzene rings is 9. The van der Waals surface area contributed by atoms with Gasteiger partial charge in [0.05, 0.1) is 36.0 Å². The van der Waals surface area contributed by atoms with E-state index in [0.717, 1.165) is 60.3 Å². The maximum Gasteiger partial charge on any atom is 0.238 e. The number of para-hydroxylation sites is 5. The van der Waals surface area contributed by atoms with E-state index in [4.69, 9.17) is 23.5 Å². The molecule has 0 atom stereocenters. The van der Waals surface area contributed by atoms with Gasteiger partial charge in [0.15, 0.2) is 11.6 Å². The Morgan fingerprint density at radius 3 is 1.68 bits per heavy atom. The van der Waals surface area contributed by atoms with Crippen molar-refractivity contribution in [3.8, 4) is 56.7 Å². The first kappa shape index (κ1) is 29.6. The van der Waals surface area contributed by atoms with Gasteiger partial charge in [-0.25, -0.2) is 4.98 Å². The average molecular weight is 812 g/mol. The van der Waals surface area contributed by atoms with Crippen LogP contribution < -0.4 is 0 Å². The molecule has 0 bridgehead atoms. The molecule has 0 radical (unpaired) electrons. The fraction of sp³-hybridized carbons (Fsp3) is 0. The Morgan fingerprint density at radius 1 is 0.381 bits per heavy atom. The van der Waals surface area contributed by atoms with Crippen molar-refractivity contribution in [1.82, 2.24) is 24.1 Å². The van der Waals surface area contributed by atoms with Gasteiger partial charge in [0.25, 0.3) is 0 Å². The molecule has 63 heavy (non-hydrogen) atoms. The molecule has 6 nitrogen and oxygen atoms in total. The highest BCUT2D eigenvalue weighted by Crippen LogP contribution is 2.43. The number of aromatic nitrogens is 5. The SMILES string of the molecule is [2H]c1cc([2H])c2oc3c(-c4cc(-c5nc(-c6ccccc6)nc(-n6c7ccccc7c7ccc(-c8ccccc8)cc76)n5)ccc4-n4c5ccccc5c5ccccc54)c([2H])c([2H])c([2H])c3c2c1[2H]. The number of nitrogens with zero attached hydrogens (tertiary/aromatic N) is 5. The molecule has 0 amide bonds. The summed E-state index contributed by atoms with van der Waals surface area (Å²) in [5, 5.41) is 4.30. The highest BCUT2D eigenvalue weighted by Gasteiger charge is 2.23. The third-order valence-corrected chi connectivity index (χ3v) is 12.0. The summed E-state index contributed by atoms with van der Waals surface area (Å²) < 4.78 is 65.1. The third kappa shape index (κ3) is 5.55. The molecule has 0 aliphatic carbocycles. The van der Waals surface area contributed by atoms with Crippen LogP contribution in [0, 0.1) is 0 Å². The van der Waals surface area contributed by atoms with Crippen LogP contribution in [0.3, 0.4) is 0 Å². The summed E-state index contributed by atoms with van der Waals surface area (Å²) in [4.78, 5) is 15.7. The number of hydrogen-bond acceptors (Lipinski definition) is 4. The first-order chi connectivity index (χ1) is 33.7. The van der Waals surface area contributed by atoms with Gasteiger partial charge in [0, 0.05) is 54.6 Å². The Bertz CT molecular complexity index is 4220. The molecule has 4 aromatic heterocycles. The molecule has 0 saturated carbocycles. The van der Waals surface area contributed by atoms with Gasteiger partial charge in [-0.05, 0) is 59.6 Å². The van der Waals surface area contributed by atoms with E-state index >= 15 is 0 Å². The van der Waals surface area contributed by atoms with Crippen LogP contribution in [0.4, 0.5) is 0 Å². The fourth-order valence-electron chi connectivity index (χ4n) is 9.12. The molecule has 0 spiro atoms. The maximum atomic E-state index is 9.66. The largest absolute Gasteiger partial charge is 0.455 e. The molecular formula is C57H35N5O. The quantitative estimate of drug-likeness (QED) is 0.168. The standard InChI is InChI=1S/C57H35N5O/c1-3-16-36(17-4-1)38-30-32-43-42-22-9-13-28-50(42)62(52(43)35-38)57-59-55(37-18-5-2-6-19-37)58-56(60-57)39-31-33-51(61-48-26-11-7-20-40(48)41-21-8-12-27-49(41)61)47(34-39)46-25-15-24-45-44-23-10-14-29-53(44)63-54(45)46/h1-35H/i10D,15D,23D,24D,25D,29D. The van der Waals surface area contributed by atoms with Crippen LogP contribution in [-0.4, -0.2) is 24.1 Å². The molecule has 0 N–H and O–H groups in total. The summed E-state index contributed by atoms with van der Waals surface area (Å²) >= 11 is 0. The highest BCUT2D eigenvalue weighted by atomic mass is 16.3. The van der Waals surface area contributed by atoms with Crippen LogP contribution in [0.5, 0.6) is 0 Å². The van der Waals surface area contributed by atoms with E-state index in [1.54, 1.807) is 0 Å². The molecular weight excluding hydrogens is 771 g/mol. The number of fused-ring (bicyclic) bond motifs is 9. The Balaban J connectivity index is 1.14. The van der Waals surface area contributed by atoms with E-state index in [2.05, 4.69) is 63.7 Å². The van der Waals surface area contributed by atoms with Crippen LogP contribution in [0.2, 0.25) is 0 Å². The zero-order valence-corrected chi connectivity index (χ0v) is 33.4. The van der Waals surface area contributed by atoms with Crippen molar-refractivity contribution in [1.29, 1.82) is 0 Å². The lowest BCUT2D eigenvalue weighted by Crippen LogP contribution is -2.07. The molecule has 4 heterocycles. The Labute approximate surface area is 370 Å². The second-order valence-electron chi connectivity index (χ2n) is 15.5. The van der Waals surface area contributed by atoms with Gasteiger partial charge in [0.1, 0.15) is 11.2 Å². The van der Waals surface area contributed by atoms with Crippen molar-refractivity contribution in [3.63, 3.8) is 0 Å².